The fourth-order valence-electron chi connectivity index (χ4n) is 3.23. The number of aryl methyl sites for hydroxylation is 1. The van der Waals surface area contributed by atoms with Crippen LogP contribution in [0.5, 0.6) is 17.2 Å². The second kappa shape index (κ2) is 9.30. The Kier molecular flexibility index (Phi) is 6.56. The SMILES string of the molecule is COc1cc(OC)c(OC)cc1CNC(=O)CCc1nc2ccccc2c(=O)n1C. The van der Waals surface area contributed by atoms with Crippen LogP contribution in [0.1, 0.15) is 17.8 Å². The van der Waals surface area contributed by atoms with E-state index >= 15 is 0 Å². The molecule has 8 nitrogen and oxygen atoms in total. The van der Waals surface area contributed by atoms with E-state index in [1.165, 1.54) is 4.57 Å². The third kappa shape index (κ3) is 4.37. The van der Waals surface area contributed by atoms with Crippen molar-refractivity contribution in [2.75, 3.05) is 21.3 Å². The Morgan fingerprint density at radius 1 is 1.03 bits per heavy atom. The zero-order chi connectivity index (χ0) is 21.7. The number of aromatic nitrogens is 2. The molecule has 0 bridgehead atoms. The predicted octanol–water partition coefficient (Wildman–Crippen LogP) is 2.21. The normalized spacial score (nSPS) is 10.7. The number of benzene rings is 2. The van der Waals surface area contributed by atoms with Crippen molar-refractivity contribution in [3.05, 3.63) is 58.1 Å². The molecule has 0 unspecified atom stereocenters. The molecule has 1 heterocycles. The molecule has 0 radical (unpaired) electrons. The Bertz CT molecular complexity index is 1120. The number of rotatable bonds is 8. The van der Waals surface area contributed by atoms with Crippen molar-refractivity contribution >= 4 is 16.8 Å². The molecule has 8 heteroatoms. The Morgan fingerprint density at radius 2 is 1.70 bits per heavy atom. The van der Waals surface area contributed by atoms with Crippen molar-refractivity contribution in [1.82, 2.24) is 14.9 Å². The minimum absolute atomic E-state index is 0.119. The van der Waals surface area contributed by atoms with Gasteiger partial charge in [0.1, 0.15) is 11.6 Å². The number of nitrogens with one attached hydrogen (secondary N) is 1. The second-order valence-corrected chi connectivity index (χ2v) is 6.71. The molecule has 1 N–H and O–H groups in total. The first-order valence-corrected chi connectivity index (χ1v) is 9.48. The molecule has 1 amide bonds. The van der Waals surface area contributed by atoms with Crippen molar-refractivity contribution in [2.24, 2.45) is 7.05 Å². The number of amides is 1. The van der Waals surface area contributed by atoms with Gasteiger partial charge in [-0.2, -0.15) is 0 Å². The van der Waals surface area contributed by atoms with Crippen LogP contribution in [0.25, 0.3) is 10.9 Å². The molecule has 0 saturated carbocycles. The predicted molar refractivity (Wildman–Crippen MR) is 113 cm³/mol. The topological polar surface area (TPSA) is 91.7 Å². The summed E-state index contributed by atoms with van der Waals surface area (Å²) in [5.41, 5.74) is 1.27. The number of hydrogen-bond donors (Lipinski definition) is 1. The third-order valence-corrected chi connectivity index (χ3v) is 4.91. The van der Waals surface area contributed by atoms with E-state index in [0.29, 0.717) is 40.4 Å². The fourth-order valence-corrected chi connectivity index (χ4v) is 3.23. The van der Waals surface area contributed by atoms with Crippen molar-refractivity contribution < 1.29 is 19.0 Å². The van der Waals surface area contributed by atoms with Gasteiger partial charge in [-0.3, -0.25) is 14.2 Å². The average molecular weight is 411 g/mol. The lowest BCUT2D eigenvalue weighted by molar-refractivity contribution is -0.121. The fraction of sp³-hybridized carbons (Fsp3) is 0.318. The number of hydrogen-bond acceptors (Lipinski definition) is 6. The van der Waals surface area contributed by atoms with E-state index in [4.69, 9.17) is 14.2 Å². The van der Waals surface area contributed by atoms with Gasteiger partial charge in [0.2, 0.25) is 5.91 Å². The molecule has 0 spiro atoms. The summed E-state index contributed by atoms with van der Waals surface area (Å²) in [5, 5.41) is 3.44. The first kappa shape index (κ1) is 21.2. The Morgan fingerprint density at radius 3 is 2.40 bits per heavy atom. The lowest BCUT2D eigenvalue weighted by Crippen LogP contribution is -2.26. The van der Waals surface area contributed by atoms with Crippen LogP contribution in [0.15, 0.2) is 41.2 Å². The molecular formula is C22H25N3O5. The maximum Gasteiger partial charge on any atom is 0.261 e. The maximum absolute atomic E-state index is 12.5. The minimum atomic E-state index is -0.158. The van der Waals surface area contributed by atoms with Crippen LogP contribution >= 0.6 is 0 Å². The van der Waals surface area contributed by atoms with Crippen LogP contribution in [0.2, 0.25) is 0 Å². The molecule has 0 aliphatic heterocycles. The number of methoxy groups -OCH3 is 3. The number of carbonyl (C=O) groups excluding carboxylic acids is 1. The van der Waals surface area contributed by atoms with E-state index in [2.05, 4.69) is 10.3 Å². The van der Waals surface area contributed by atoms with E-state index in [0.717, 1.165) is 5.56 Å². The van der Waals surface area contributed by atoms with Crippen LogP contribution in [0, 0.1) is 0 Å². The standard InChI is InChI=1S/C22H25N3O5/c1-25-20(24-16-8-6-5-7-15(16)22(25)27)9-10-21(26)23-13-14-11-18(29-3)19(30-4)12-17(14)28-2/h5-8,11-12H,9-10,13H2,1-4H3,(H,23,26). The lowest BCUT2D eigenvalue weighted by Gasteiger charge is -2.14. The number of nitrogens with zero attached hydrogens (tertiary/aromatic N) is 2. The largest absolute Gasteiger partial charge is 0.496 e. The van der Waals surface area contributed by atoms with Crippen LogP contribution in [0.4, 0.5) is 0 Å². The van der Waals surface area contributed by atoms with Crippen molar-refractivity contribution in [1.29, 1.82) is 0 Å². The summed E-state index contributed by atoms with van der Waals surface area (Å²) < 4.78 is 17.5. The highest BCUT2D eigenvalue weighted by Gasteiger charge is 2.14. The van der Waals surface area contributed by atoms with Gasteiger partial charge in [0.05, 0.1) is 32.2 Å². The number of ether oxygens (including phenoxy) is 3. The number of fused-ring (bicyclic) bond motifs is 1. The van der Waals surface area contributed by atoms with Crippen LogP contribution in [0.3, 0.4) is 0 Å². The summed E-state index contributed by atoms with van der Waals surface area (Å²) in [7, 11) is 6.32. The minimum Gasteiger partial charge on any atom is -0.496 e. The summed E-state index contributed by atoms with van der Waals surface area (Å²) in [6.07, 6.45) is 0.555. The van der Waals surface area contributed by atoms with Gasteiger partial charge in [-0.15, -0.1) is 0 Å². The zero-order valence-electron chi connectivity index (χ0n) is 17.5. The molecule has 3 rings (SSSR count). The summed E-state index contributed by atoms with van der Waals surface area (Å²) in [6, 6.07) is 10.7. The van der Waals surface area contributed by atoms with Gasteiger partial charge in [0, 0.05) is 38.1 Å². The molecule has 3 aromatic rings. The molecule has 30 heavy (non-hydrogen) atoms. The van der Waals surface area contributed by atoms with E-state index in [-0.39, 0.29) is 24.4 Å². The molecule has 0 fully saturated rings. The molecule has 1 aromatic heterocycles. The molecule has 0 saturated heterocycles. The highest BCUT2D eigenvalue weighted by atomic mass is 16.5. The maximum atomic E-state index is 12.5. The van der Waals surface area contributed by atoms with Crippen LogP contribution < -0.4 is 25.1 Å². The lowest BCUT2D eigenvalue weighted by atomic mass is 10.1. The van der Waals surface area contributed by atoms with Gasteiger partial charge in [-0.1, -0.05) is 12.1 Å². The van der Waals surface area contributed by atoms with Crippen molar-refractivity contribution in [3.63, 3.8) is 0 Å². The number of carbonyl (C=O) groups is 1. The molecule has 2 aromatic carbocycles. The Labute approximate surface area is 174 Å². The second-order valence-electron chi connectivity index (χ2n) is 6.71. The van der Waals surface area contributed by atoms with Crippen molar-refractivity contribution in [3.8, 4) is 17.2 Å². The zero-order valence-corrected chi connectivity index (χ0v) is 17.5. The van der Waals surface area contributed by atoms with E-state index in [9.17, 15) is 9.59 Å². The Balaban J connectivity index is 1.68. The summed E-state index contributed by atoms with van der Waals surface area (Å²) >= 11 is 0. The Hall–Kier alpha value is -3.55. The quantitative estimate of drug-likeness (QED) is 0.611. The first-order chi connectivity index (χ1) is 14.5. The van der Waals surface area contributed by atoms with Gasteiger partial charge < -0.3 is 19.5 Å². The van der Waals surface area contributed by atoms with Gasteiger partial charge in [0.25, 0.3) is 5.56 Å². The van der Waals surface area contributed by atoms with Crippen molar-refractivity contribution in [2.45, 2.75) is 19.4 Å². The average Bonchev–Trinajstić information content (AvgIpc) is 2.78. The highest BCUT2D eigenvalue weighted by Crippen LogP contribution is 2.34. The van der Waals surface area contributed by atoms with E-state index in [1.807, 2.05) is 6.07 Å². The van der Waals surface area contributed by atoms with Gasteiger partial charge in [-0.05, 0) is 18.2 Å². The molecular weight excluding hydrogens is 386 g/mol. The smallest absolute Gasteiger partial charge is 0.261 e. The summed E-state index contributed by atoms with van der Waals surface area (Å²) in [4.78, 5) is 29.4. The third-order valence-electron chi connectivity index (χ3n) is 4.91. The molecule has 158 valence electrons. The molecule has 0 atom stereocenters. The van der Waals surface area contributed by atoms with E-state index in [1.54, 1.807) is 58.7 Å². The highest BCUT2D eigenvalue weighted by molar-refractivity contribution is 5.78. The number of para-hydroxylation sites is 1. The molecule has 0 aliphatic carbocycles. The van der Waals surface area contributed by atoms with E-state index < -0.39 is 0 Å². The van der Waals surface area contributed by atoms with Gasteiger partial charge in [-0.25, -0.2) is 4.98 Å². The van der Waals surface area contributed by atoms with Crippen LogP contribution in [-0.4, -0.2) is 36.8 Å². The summed E-state index contributed by atoms with van der Waals surface area (Å²) in [5.74, 6) is 2.10. The summed E-state index contributed by atoms with van der Waals surface area (Å²) in [6.45, 7) is 0.270. The first-order valence-electron chi connectivity index (χ1n) is 9.48. The van der Waals surface area contributed by atoms with Crippen LogP contribution in [-0.2, 0) is 24.8 Å². The van der Waals surface area contributed by atoms with Gasteiger partial charge >= 0.3 is 0 Å². The molecule has 0 aliphatic rings. The van der Waals surface area contributed by atoms with Gasteiger partial charge in [0.15, 0.2) is 11.5 Å². The monoisotopic (exact) mass is 411 g/mol.